The zero-order chi connectivity index (χ0) is 92.7. The fourth-order valence-corrected chi connectivity index (χ4v) is 19.0. The molecule has 6 fully saturated rings. The number of methoxy groups -OCH3 is 1. The van der Waals surface area contributed by atoms with E-state index in [0.29, 0.717) is 89.9 Å². The van der Waals surface area contributed by atoms with Gasteiger partial charge < -0.3 is 64.0 Å². The molecule has 804 valence electrons. The van der Waals surface area contributed by atoms with E-state index >= 15 is 0 Å². The quantitative estimate of drug-likeness (QED) is 0.0469. The summed E-state index contributed by atoms with van der Waals surface area (Å²) in [6.45, 7) is 76.0. The van der Waals surface area contributed by atoms with Gasteiger partial charge >= 0.3 is 41.8 Å². The van der Waals surface area contributed by atoms with E-state index in [1.54, 1.807) is 7.11 Å². The van der Waals surface area contributed by atoms with Gasteiger partial charge in [0.25, 0.3) is 0 Å². The first-order valence-corrected chi connectivity index (χ1v) is 43.9. The van der Waals surface area contributed by atoms with E-state index in [0.717, 1.165) is 32.1 Å². The minimum Gasteiger partial charge on any atom is -0.469 e. The molecule has 6 aliphatic rings. The molecule has 0 bridgehead atoms. The van der Waals surface area contributed by atoms with Crippen LogP contribution in [0.25, 0.3) is 0 Å². The van der Waals surface area contributed by atoms with E-state index in [-0.39, 0.29) is 222 Å². The number of hydrogen-bond donors (Lipinski definition) is 5. The first-order chi connectivity index (χ1) is 52.7. The van der Waals surface area contributed by atoms with Crippen molar-refractivity contribution < 1.29 is 97.6 Å². The summed E-state index contributed by atoms with van der Waals surface area (Å²) >= 11 is 0. The smallest absolute Gasteiger partial charge is 0.311 e. The zero-order valence-electron chi connectivity index (χ0n) is 82.1. The van der Waals surface area contributed by atoms with E-state index < -0.39 is 66.2 Å². The summed E-state index contributed by atoms with van der Waals surface area (Å²) in [5, 5.41) is 60.7. The first-order valence-electron chi connectivity index (χ1n) is 43.9. The van der Waals surface area contributed by atoms with Crippen molar-refractivity contribution in [2.24, 2.45) is 38.9 Å². The maximum absolute atomic E-state index is 13.2. The number of ether oxygens (including phenoxy) is 7. The lowest BCUT2D eigenvalue weighted by atomic mass is 9.72. The minimum absolute atomic E-state index is 0. The summed E-state index contributed by atoms with van der Waals surface area (Å²) in [6.07, 6.45) is 10.4. The predicted octanol–water partition coefficient (Wildman–Crippen LogP) is 28.1. The van der Waals surface area contributed by atoms with Gasteiger partial charge in [0.15, 0.2) is 0 Å². The zero-order valence-corrected chi connectivity index (χ0v) is 82.1. The highest BCUT2D eigenvalue weighted by atomic mass is 16.7. The Morgan fingerprint density at radius 1 is 0.288 bits per heavy atom. The molecule has 3 unspecified atom stereocenters. The lowest BCUT2D eigenvalue weighted by molar-refractivity contribution is -0.278. The fraction of sp³-hybridized carbons (Fsp3) is 0.934. The van der Waals surface area contributed by atoms with Gasteiger partial charge in [-0.05, 0) is 273 Å². The molecule has 6 rings (SSSR count). The summed E-state index contributed by atoms with van der Waals surface area (Å²) in [4.78, 5) is 93.3. The topological polar surface area (TPSA) is 314 Å². The molecule has 6 heterocycles. The number of piperidine rings is 6. The van der Waals surface area contributed by atoms with Gasteiger partial charge in [-0.2, -0.15) is 30.4 Å². The Hall–Kier alpha value is -4.19. The Morgan fingerprint density at radius 3 is 0.674 bits per heavy atom. The molecule has 0 spiro atoms. The van der Waals surface area contributed by atoms with Crippen molar-refractivity contribution in [1.29, 1.82) is 0 Å². The van der Waals surface area contributed by atoms with Gasteiger partial charge in [0.05, 0.1) is 53.1 Å². The lowest BCUT2D eigenvalue weighted by Crippen LogP contribution is -2.61. The molecule has 5 N–H and O–H groups in total. The highest BCUT2D eigenvalue weighted by molar-refractivity contribution is 5.81. The van der Waals surface area contributed by atoms with E-state index in [9.17, 15) is 59.6 Å². The van der Waals surface area contributed by atoms with E-state index in [1.807, 2.05) is 247 Å². The van der Waals surface area contributed by atoms with Gasteiger partial charge in [-0.25, -0.2) is 0 Å². The number of nitrogens with zero attached hydrogens (tertiary/aromatic N) is 6. The first kappa shape index (κ1) is 156. The monoisotopic (exact) mass is 1910 g/mol. The highest BCUT2D eigenvalue weighted by Crippen LogP contribution is 2.47. The van der Waals surface area contributed by atoms with Crippen LogP contribution in [0.5, 0.6) is 0 Å². The van der Waals surface area contributed by atoms with Crippen LogP contribution in [0, 0.1) is 38.9 Å². The number of rotatable bonds is 23. The van der Waals surface area contributed by atoms with Crippen molar-refractivity contribution in [3.05, 3.63) is 0 Å². The second-order valence-corrected chi connectivity index (χ2v) is 45.9. The highest BCUT2D eigenvalue weighted by Gasteiger charge is 2.55. The molecule has 6 aliphatic heterocycles. The standard InChI is InChI=1S/C27H50N2O6.C20H37NO5.C16H31NO3.C15H29NO3.C14H27NO3.14CH4/c1-12-18(21(30)34-19-14-24(4,5)28(32)25(6,7)15-19)13-23(2,3)22(31)35-20-16-26(8,9)29(33)27(10,11)17-20;1-10-20(8,16(23)25-9)13-17(2,3)15(22)26-14-11-18(4,5)21(24)19(6,7)12-14;1-9-14(2,3)13(18)20-12-10-15(4,5)17(19-8)16(6,7)11-12;1-8-13(2,3)12(17)19-11-9-14(4,5)16(18)15(6,7)10-11;1-7-10(2)12(16)18-11-8-13(3,4)15(17)14(5,6)9-11;;;;;;;;;;;;;;/h18-20,32-33H,12-17H2,1-11H3;14,24H,10-13H2,1-9H3;12H,9-11H2,1-8H3;11,18H,8-10H2,1-7H3;10-11,17H,7-9H2,1-6H3;14*1H4. The van der Waals surface area contributed by atoms with Gasteiger partial charge in [-0.1, -0.05) is 146 Å². The number of hydrogen-bond acceptors (Lipinski definition) is 26. The number of carbonyl (C=O) groups excluding carboxylic acids is 7. The number of carbonyl (C=O) groups is 7. The average molecular weight is 1910 g/mol. The largest absolute Gasteiger partial charge is 0.469 e. The molecule has 6 saturated heterocycles. The van der Waals surface area contributed by atoms with Crippen LogP contribution in [-0.4, -0.2) is 216 Å². The second kappa shape index (κ2) is 56.9. The van der Waals surface area contributed by atoms with Gasteiger partial charge in [0.2, 0.25) is 0 Å². The number of hydroxylamine groups is 12. The third-order valence-corrected chi connectivity index (χ3v) is 26.3. The SMILES string of the molecule is C.C.C.C.C.C.C.C.C.C.C.C.C.C.CCC(C)(C)C(=O)OC1CC(C)(C)N(O)C(C)(C)C1.CCC(C)(C)C(=O)OC1CC(C)(C)N(OC)C(C)(C)C1.CCC(C)(CC(C)(C)C(=O)OC1CC(C)(C)N(O)C(C)(C)C1)C(=O)OC.CCC(C)C(=O)OC1CC(C)(C)N(O)C(C)(C)C1.CCC(CC(C)(C)C(=O)OC1CC(C)(C)N(O)C(C)(C)C1)C(=O)OC1CC(C)(C)N(O)C(C)(C)C1. The second-order valence-electron chi connectivity index (χ2n) is 45.9. The lowest BCUT2D eigenvalue weighted by Gasteiger charge is -2.53. The minimum atomic E-state index is -0.864. The molecule has 0 aromatic rings. The Labute approximate surface area is 817 Å². The Balaban J connectivity index is -0.000000121. The van der Waals surface area contributed by atoms with Crippen LogP contribution in [-0.2, 0) is 71.6 Å². The van der Waals surface area contributed by atoms with E-state index in [1.165, 1.54) is 32.4 Å². The third-order valence-electron chi connectivity index (χ3n) is 26.3. The van der Waals surface area contributed by atoms with Crippen molar-refractivity contribution in [2.45, 2.75) is 599 Å². The molecule has 26 heteroatoms. The third kappa shape index (κ3) is 41.3. The van der Waals surface area contributed by atoms with Crippen molar-refractivity contribution in [1.82, 2.24) is 30.4 Å². The molecule has 0 amide bonds. The number of esters is 7. The fourth-order valence-electron chi connectivity index (χ4n) is 19.0. The average Bonchev–Trinajstić information content (AvgIpc) is 0.788. The Bertz CT molecular complexity index is 3210. The van der Waals surface area contributed by atoms with Gasteiger partial charge in [-0.15, -0.1) is 0 Å². The van der Waals surface area contributed by atoms with Gasteiger partial charge in [0.1, 0.15) is 36.6 Å². The van der Waals surface area contributed by atoms with E-state index in [4.69, 9.17) is 38.0 Å². The van der Waals surface area contributed by atoms with Crippen LogP contribution in [0.3, 0.4) is 0 Å². The van der Waals surface area contributed by atoms with Crippen LogP contribution in [0.15, 0.2) is 0 Å². The molecule has 26 nitrogen and oxygen atoms in total. The summed E-state index contributed by atoms with van der Waals surface area (Å²) in [6, 6.07) is 0. The van der Waals surface area contributed by atoms with Crippen molar-refractivity contribution in [2.75, 3.05) is 14.2 Å². The Kier molecular flexibility index (Phi) is 67.2. The normalized spacial score (nSPS) is 22.1. The van der Waals surface area contributed by atoms with Crippen LogP contribution in [0.1, 0.15) is 496 Å². The van der Waals surface area contributed by atoms with E-state index in [2.05, 4.69) is 27.7 Å². The van der Waals surface area contributed by atoms with Crippen molar-refractivity contribution in [3.63, 3.8) is 0 Å². The van der Waals surface area contributed by atoms with Crippen LogP contribution in [0.4, 0.5) is 0 Å². The maximum atomic E-state index is 13.2. The van der Waals surface area contributed by atoms with Crippen molar-refractivity contribution >= 4 is 41.8 Å². The molecule has 132 heavy (non-hydrogen) atoms. The molecule has 0 aromatic carbocycles. The molecule has 3 atom stereocenters. The maximum Gasteiger partial charge on any atom is 0.311 e. The predicted molar refractivity (Wildman–Crippen MR) is 553 cm³/mol. The van der Waals surface area contributed by atoms with Crippen LogP contribution in [0.2, 0.25) is 0 Å². The van der Waals surface area contributed by atoms with Gasteiger partial charge in [0, 0.05) is 144 Å². The molecule has 0 saturated carbocycles. The molecule has 0 aliphatic carbocycles. The summed E-state index contributed by atoms with van der Waals surface area (Å²) in [7, 11) is 3.07. The molecular weight excluding hydrogens is 1680 g/mol. The summed E-state index contributed by atoms with van der Waals surface area (Å²) < 4.78 is 39.7. The Morgan fingerprint density at radius 2 is 0.485 bits per heavy atom. The molecular formula is C106H230N6O20. The van der Waals surface area contributed by atoms with Crippen LogP contribution < -0.4 is 0 Å². The molecule has 0 aromatic heterocycles. The van der Waals surface area contributed by atoms with Gasteiger partial charge in [-0.3, -0.25) is 33.6 Å². The van der Waals surface area contributed by atoms with Crippen molar-refractivity contribution in [3.8, 4) is 0 Å². The summed E-state index contributed by atoms with van der Waals surface area (Å²) in [5.74, 6) is -2.09. The summed E-state index contributed by atoms with van der Waals surface area (Å²) in [5.41, 5.74) is -8.11. The van der Waals surface area contributed by atoms with Crippen LogP contribution >= 0.6 is 0 Å². The molecule has 0 radical (unpaired) electrons.